The lowest BCUT2D eigenvalue weighted by molar-refractivity contribution is 0.242. The van der Waals surface area contributed by atoms with Gasteiger partial charge in [0.1, 0.15) is 13.6 Å². The van der Waals surface area contributed by atoms with Crippen molar-refractivity contribution < 1.29 is 4.74 Å². The van der Waals surface area contributed by atoms with E-state index in [1.165, 1.54) is 0 Å². The van der Waals surface area contributed by atoms with Crippen LogP contribution in [0.15, 0.2) is 18.2 Å². The molecule has 0 aliphatic carbocycles. The van der Waals surface area contributed by atoms with E-state index in [-0.39, 0.29) is 6.10 Å². The van der Waals surface area contributed by atoms with E-state index in [2.05, 4.69) is 0 Å². The fourth-order valence-corrected chi connectivity index (χ4v) is 1.10. The van der Waals surface area contributed by atoms with E-state index >= 15 is 0 Å². The van der Waals surface area contributed by atoms with Crippen LogP contribution in [0.2, 0.25) is 5.02 Å². The van der Waals surface area contributed by atoms with Crippen LogP contribution >= 0.6 is 11.6 Å². The highest BCUT2D eigenvalue weighted by Gasteiger charge is 2.02. The minimum absolute atomic E-state index is 0.131. The first kappa shape index (κ1) is 9.46. The lowest BCUT2D eigenvalue weighted by atomic mass is 9.96. The van der Waals surface area contributed by atoms with Crippen molar-refractivity contribution in [1.82, 2.24) is 0 Å². The van der Waals surface area contributed by atoms with Crippen LogP contribution < -0.4 is 10.2 Å². The van der Waals surface area contributed by atoms with Crippen molar-refractivity contribution in [2.45, 2.75) is 20.0 Å². The summed E-state index contributed by atoms with van der Waals surface area (Å²) in [6, 6.07) is 5.22. The number of rotatable bonds is 2. The molecule has 0 saturated heterocycles. The molecule has 0 spiro atoms. The molecule has 0 fully saturated rings. The second-order valence-corrected chi connectivity index (χ2v) is 3.26. The van der Waals surface area contributed by atoms with Crippen LogP contribution in [-0.4, -0.2) is 14.0 Å². The standard InChI is InChI=1S/C9H10BClO/c1-6(2)12-9-4-3-7(10)5-8(9)11/h3-6H,1-2H3. The highest BCUT2D eigenvalue weighted by Crippen LogP contribution is 2.22. The minimum atomic E-state index is 0.131. The van der Waals surface area contributed by atoms with Crippen LogP contribution in [-0.2, 0) is 0 Å². The quantitative estimate of drug-likeness (QED) is 0.632. The average Bonchev–Trinajstić information content (AvgIpc) is 1.94. The average molecular weight is 180 g/mol. The summed E-state index contributed by atoms with van der Waals surface area (Å²) in [5.74, 6) is 0.681. The van der Waals surface area contributed by atoms with Crippen molar-refractivity contribution in [3.63, 3.8) is 0 Å². The van der Waals surface area contributed by atoms with Gasteiger partial charge in [-0.25, -0.2) is 0 Å². The third-order valence-corrected chi connectivity index (χ3v) is 1.61. The molecule has 1 aromatic rings. The Balaban J connectivity index is 2.86. The predicted molar refractivity (Wildman–Crippen MR) is 52.6 cm³/mol. The topological polar surface area (TPSA) is 9.23 Å². The third kappa shape index (κ3) is 2.45. The first-order valence-corrected chi connectivity index (χ1v) is 4.19. The number of hydrogen-bond acceptors (Lipinski definition) is 1. The maximum absolute atomic E-state index is 5.87. The normalized spacial score (nSPS) is 10.3. The summed E-state index contributed by atoms with van der Waals surface area (Å²) in [7, 11) is 5.52. The summed E-state index contributed by atoms with van der Waals surface area (Å²) in [4.78, 5) is 0. The second kappa shape index (κ2) is 3.86. The maximum Gasteiger partial charge on any atom is 0.138 e. The summed E-state index contributed by atoms with van der Waals surface area (Å²) in [5.41, 5.74) is 0.649. The summed E-state index contributed by atoms with van der Waals surface area (Å²) in [5, 5.41) is 0.559. The summed E-state index contributed by atoms with van der Waals surface area (Å²) < 4.78 is 5.41. The van der Waals surface area contributed by atoms with E-state index in [0.717, 1.165) is 0 Å². The Morgan fingerprint density at radius 3 is 2.58 bits per heavy atom. The fraction of sp³-hybridized carbons (Fsp3) is 0.333. The SMILES string of the molecule is [B]c1ccc(OC(C)C)c(Cl)c1. The monoisotopic (exact) mass is 180 g/mol. The van der Waals surface area contributed by atoms with E-state index in [1.54, 1.807) is 18.2 Å². The molecule has 0 aromatic heterocycles. The van der Waals surface area contributed by atoms with Crippen LogP contribution in [0.3, 0.4) is 0 Å². The van der Waals surface area contributed by atoms with Gasteiger partial charge in [-0.15, -0.1) is 0 Å². The molecule has 0 bridgehead atoms. The van der Waals surface area contributed by atoms with Crippen LogP contribution in [0.5, 0.6) is 5.75 Å². The van der Waals surface area contributed by atoms with Crippen LogP contribution in [0.1, 0.15) is 13.8 Å². The van der Waals surface area contributed by atoms with E-state index in [9.17, 15) is 0 Å². The van der Waals surface area contributed by atoms with Crippen molar-refractivity contribution in [1.29, 1.82) is 0 Å². The maximum atomic E-state index is 5.87. The summed E-state index contributed by atoms with van der Waals surface area (Å²) in [6.07, 6.45) is 0.131. The number of hydrogen-bond donors (Lipinski definition) is 0. The third-order valence-electron chi connectivity index (χ3n) is 1.32. The highest BCUT2D eigenvalue weighted by atomic mass is 35.5. The van der Waals surface area contributed by atoms with Crippen LogP contribution in [0.4, 0.5) is 0 Å². The van der Waals surface area contributed by atoms with Gasteiger partial charge in [-0.3, -0.25) is 0 Å². The fourth-order valence-electron chi connectivity index (χ4n) is 0.867. The van der Waals surface area contributed by atoms with Crippen LogP contribution in [0, 0.1) is 0 Å². The molecule has 2 radical (unpaired) electrons. The molecular weight excluding hydrogens is 170 g/mol. The number of ether oxygens (including phenoxy) is 1. The molecule has 1 rings (SSSR count). The van der Waals surface area contributed by atoms with E-state index in [4.69, 9.17) is 24.2 Å². The predicted octanol–water partition coefficient (Wildman–Crippen LogP) is 1.92. The Labute approximate surface area is 79.1 Å². The van der Waals surface area contributed by atoms with Gasteiger partial charge in [0.2, 0.25) is 0 Å². The number of halogens is 1. The molecule has 1 nitrogen and oxygen atoms in total. The molecule has 0 heterocycles. The van der Waals surface area contributed by atoms with Gasteiger partial charge in [0, 0.05) is 0 Å². The summed E-state index contributed by atoms with van der Waals surface area (Å²) in [6.45, 7) is 3.90. The lowest BCUT2D eigenvalue weighted by Gasteiger charge is -2.11. The van der Waals surface area contributed by atoms with E-state index in [0.29, 0.717) is 16.2 Å². The molecule has 3 heteroatoms. The van der Waals surface area contributed by atoms with Gasteiger partial charge in [0.25, 0.3) is 0 Å². The van der Waals surface area contributed by atoms with Gasteiger partial charge in [0.15, 0.2) is 0 Å². The van der Waals surface area contributed by atoms with Gasteiger partial charge in [-0.05, 0) is 26.0 Å². The molecule has 0 unspecified atom stereocenters. The zero-order valence-electron chi connectivity index (χ0n) is 7.17. The van der Waals surface area contributed by atoms with Crippen molar-refractivity contribution in [3.8, 4) is 5.75 Å². The Hall–Kier alpha value is -0.625. The second-order valence-electron chi connectivity index (χ2n) is 2.86. The van der Waals surface area contributed by atoms with Crippen molar-refractivity contribution >= 4 is 24.9 Å². The lowest BCUT2D eigenvalue weighted by Crippen LogP contribution is -2.08. The van der Waals surface area contributed by atoms with Gasteiger partial charge >= 0.3 is 0 Å². The Morgan fingerprint density at radius 2 is 2.08 bits per heavy atom. The Bertz CT molecular complexity index is 273. The van der Waals surface area contributed by atoms with E-state index < -0.39 is 0 Å². The molecule has 0 N–H and O–H groups in total. The van der Waals surface area contributed by atoms with Crippen molar-refractivity contribution in [2.75, 3.05) is 0 Å². The molecule has 0 amide bonds. The molecule has 1 aromatic carbocycles. The van der Waals surface area contributed by atoms with Crippen molar-refractivity contribution in [3.05, 3.63) is 23.2 Å². The van der Waals surface area contributed by atoms with Crippen molar-refractivity contribution in [2.24, 2.45) is 0 Å². The minimum Gasteiger partial charge on any atom is -0.489 e. The molecule has 0 aliphatic heterocycles. The Kier molecular flexibility index (Phi) is 3.04. The molecular formula is C9H10BClO. The van der Waals surface area contributed by atoms with Gasteiger partial charge in [0.05, 0.1) is 11.1 Å². The van der Waals surface area contributed by atoms with Crippen LogP contribution in [0.25, 0.3) is 0 Å². The largest absolute Gasteiger partial charge is 0.489 e. The van der Waals surface area contributed by atoms with E-state index in [1.807, 2.05) is 13.8 Å². The first-order chi connectivity index (χ1) is 5.59. The van der Waals surface area contributed by atoms with Gasteiger partial charge in [-0.1, -0.05) is 23.1 Å². The molecule has 12 heavy (non-hydrogen) atoms. The molecule has 0 atom stereocenters. The number of benzene rings is 1. The Morgan fingerprint density at radius 1 is 1.42 bits per heavy atom. The molecule has 0 saturated carbocycles. The molecule has 62 valence electrons. The smallest absolute Gasteiger partial charge is 0.138 e. The zero-order chi connectivity index (χ0) is 9.14. The highest BCUT2D eigenvalue weighted by molar-refractivity contribution is 6.37. The van der Waals surface area contributed by atoms with Gasteiger partial charge in [-0.2, -0.15) is 0 Å². The first-order valence-electron chi connectivity index (χ1n) is 3.81. The zero-order valence-corrected chi connectivity index (χ0v) is 7.93. The van der Waals surface area contributed by atoms with Gasteiger partial charge < -0.3 is 4.74 Å². The summed E-state index contributed by atoms with van der Waals surface area (Å²) >= 11 is 5.87. The molecule has 0 aliphatic rings.